The van der Waals surface area contributed by atoms with Crippen LogP contribution in [0.3, 0.4) is 0 Å². The van der Waals surface area contributed by atoms with Gasteiger partial charge in [0.1, 0.15) is 18.1 Å². The zero-order chi connectivity index (χ0) is 24.8. The molecular weight excluding hydrogens is 466 g/mol. The third-order valence-corrected chi connectivity index (χ3v) is 6.02. The summed E-state index contributed by atoms with van der Waals surface area (Å²) < 4.78 is 18.1. The van der Waals surface area contributed by atoms with Crippen LogP contribution < -0.4 is 29.9 Å². The summed E-state index contributed by atoms with van der Waals surface area (Å²) in [7, 11) is 1.55. The highest BCUT2D eigenvalue weighted by Crippen LogP contribution is 2.28. The fourth-order valence-corrected chi connectivity index (χ4v) is 4.27. The molecule has 0 bridgehead atoms. The lowest BCUT2D eigenvalue weighted by Crippen LogP contribution is -2.28. The molecule has 0 N–H and O–H groups in total. The Balaban J connectivity index is 1.64. The van der Waals surface area contributed by atoms with Gasteiger partial charge in [0.15, 0.2) is 11.5 Å². The molecule has 0 radical (unpaired) electrons. The standard InChI is InChI=1S/C26H25N3O5S/c1-4-12-33-19-9-6-17(7-10-19)14-20-24(30)27-26-29(28-20)25(31)23(35-26)16-18-8-11-21(34-13-5-2)22(15-18)32-3/h5-11,15-16H,2,4,12-14H2,1,3H3/b23-16+. The molecular formula is C26H25N3O5S. The van der Waals surface area contributed by atoms with Crippen LogP contribution in [-0.4, -0.2) is 34.9 Å². The number of aromatic nitrogens is 3. The highest BCUT2D eigenvalue weighted by atomic mass is 32.1. The van der Waals surface area contributed by atoms with Gasteiger partial charge in [0, 0.05) is 6.42 Å². The minimum absolute atomic E-state index is 0.205. The lowest BCUT2D eigenvalue weighted by Gasteiger charge is -2.09. The Labute approximate surface area is 205 Å². The number of rotatable bonds is 10. The highest BCUT2D eigenvalue weighted by molar-refractivity contribution is 7.15. The van der Waals surface area contributed by atoms with Crippen LogP contribution in [-0.2, 0) is 6.42 Å². The Morgan fingerprint density at radius 1 is 1.09 bits per heavy atom. The molecule has 4 aromatic rings. The quantitative estimate of drug-likeness (QED) is 0.315. The van der Waals surface area contributed by atoms with Gasteiger partial charge >= 0.3 is 0 Å². The van der Waals surface area contributed by atoms with Gasteiger partial charge in [-0.05, 0) is 47.9 Å². The molecule has 9 heteroatoms. The van der Waals surface area contributed by atoms with E-state index in [0.29, 0.717) is 29.2 Å². The van der Waals surface area contributed by atoms with Gasteiger partial charge in [0.25, 0.3) is 11.1 Å². The summed E-state index contributed by atoms with van der Waals surface area (Å²) in [6.07, 6.45) is 4.55. The second kappa shape index (κ2) is 11.0. The maximum atomic E-state index is 13.0. The number of methoxy groups -OCH3 is 1. The normalized spacial score (nSPS) is 11.5. The summed E-state index contributed by atoms with van der Waals surface area (Å²) in [5, 5.41) is 4.32. The molecule has 0 atom stereocenters. The van der Waals surface area contributed by atoms with Crippen LogP contribution in [0.1, 0.15) is 30.2 Å². The van der Waals surface area contributed by atoms with E-state index in [0.717, 1.165) is 34.6 Å². The molecule has 35 heavy (non-hydrogen) atoms. The molecule has 0 unspecified atom stereocenters. The minimum Gasteiger partial charge on any atom is -0.494 e. The molecule has 4 rings (SSSR count). The average Bonchev–Trinajstić information content (AvgIpc) is 3.16. The molecule has 0 fully saturated rings. The first kappa shape index (κ1) is 24.2. The Kier molecular flexibility index (Phi) is 7.57. The largest absolute Gasteiger partial charge is 0.494 e. The third-order valence-electron chi connectivity index (χ3n) is 5.06. The molecule has 0 spiro atoms. The number of benzene rings is 2. The van der Waals surface area contributed by atoms with Gasteiger partial charge in [0.2, 0.25) is 4.96 Å². The molecule has 2 aromatic heterocycles. The van der Waals surface area contributed by atoms with E-state index in [4.69, 9.17) is 14.2 Å². The molecule has 0 aliphatic rings. The van der Waals surface area contributed by atoms with Gasteiger partial charge in [-0.25, -0.2) is 0 Å². The summed E-state index contributed by atoms with van der Waals surface area (Å²) in [5.74, 6) is 1.88. The van der Waals surface area contributed by atoms with Crippen molar-refractivity contribution in [3.8, 4) is 17.2 Å². The Bertz CT molecular complexity index is 1510. The van der Waals surface area contributed by atoms with Crippen LogP contribution >= 0.6 is 11.3 Å². The Morgan fingerprint density at radius 2 is 1.89 bits per heavy atom. The van der Waals surface area contributed by atoms with Crippen molar-refractivity contribution in [1.82, 2.24) is 14.6 Å². The zero-order valence-corrected chi connectivity index (χ0v) is 20.3. The summed E-state index contributed by atoms with van der Waals surface area (Å²) >= 11 is 1.11. The summed E-state index contributed by atoms with van der Waals surface area (Å²) in [6, 6.07) is 12.8. The number of nitrogens with zero attached hydrogens (tertiary/aromatic N) is 3. The second-order valence-corrected chi connectivity index (χ2v) is 8.66. The highest BCUT2D eigenvalue weighted by Gasteiger charge is 2.12. The molecule has 180 valence electrons. The lowest BCUT2D eigenvalue weighted by molar-refractivity contribution is 0.317. The van der Waals surface area contributed by atoms with E-state index in [-0.39, 0.29) is 22.6 Å². The van der Waals surface area contributed by atoms with Crippen molar-refractivity contribution in [2.24, 2.45) is 0 Å². The van der Waals surface area contributed by atoms with E-state index in [1.807, 2.05) is 37.3 Å². The Morgan fingerprint density at radius 3 is 2.60 bits per heavy atom. The smallest absolute Gasteiger partial charge is 0.296 e. The fraction of sp³-hybridized carbons (Fsp3) is 0.231. The van der Waals surface area contributed by atoms with Gasteiger partial charge < -0.3 is 14.2 Å². The lowest BCUT2D eigenvalue weighted by atomic mass is 10.1. The monoisotopic (exact) mass is 491 g/mol. The molecule has 0 aliphatic heterocycles. The van der Waals surface area contributed by atoms with Crippen molar-refractivity contribution in [3.05, 3.63) is 97.2 Å². The van der Waals surface area contributed by atoms with Crippen LogP contribution in [0.4, 0.5) is 0 Å². The van der Waals surface area contributed by atoms with Gasteiger partial charge in [-0.2, -0.15) is 14.6 Å². The second-order valence-electron chi connectivity index (χ2n) is 7.65. The Hall–Kier alpha value is -3.98. The first-order chi connectivity index (χ1) is 17.0. The molecule has 2 heterocycles. The third kappa shape index (κ3) is 5.58. The molecule has 0 aliphatic carbocycles. The number of fused-ring (bicyclic) bond motifs is 1. The van der Waals surface area contributed by atoms with E-state index >= 15 is 0 Å². The first-order valence-electron chi connectivity index (χ1n) is 11.1. The van der Waals surface area contributed by atoms with E-state index in [1.54, 1.807) is 31.4 Å². The number of hydrogen-bond acceptors (Lipinski definition) is 8. The molecule has 0 amide bonds. The van der Waals surface area contributed by atoms with Gasteiger partial charge in [-0.3, -0.25) is 9.59 Å². The molecule has 0 saturated heterocycles. The van der Waals surface area contributed by atoms with Gasteiger partial charge in [-0.15, -0.1) is 0 Å². The SMILES string of the molecule is C=CCOc1ccc(/C=c2/sc3nc(=O)c(Cc4ccc(OCCC)cc4)nn3c2=O)cc1OC. The predicted molar refractivity (Wildman–Crippen MR) is 136 cm³/mol. The maximum absolute atomic E-state index is 13.0. The van der Waals surface area contributed by atoms with E-state index < -0.39 is 5.56 Å². The number of hydrogen-bond donors (Lipinski definition) is 0. The summed E-state index contributed by atoms with van der Waals surface area (Å²) in [6.45, 7) is 6.68. The maximum Gasteiger partial charge on any atom is 0.296 e. The van der Waals surface area contributed by atoms with Crippen LogP contribution in [0, 0.1) is 0 Å². The summed E-state index contributed by atoms with van der Waals surface area (Å²) in [5.41, 5.74) is 1.03. The van der Waals surface area contributed by atoms with E-state index in [9.17, 15) is 9.59 Å². The van der Waals surface area contributed by atoms with Crippen molar-refractivity contribution in [2.75, 3.05) is 20.3 Å². The molecule has 0 saturated carbocycles. The molecule has 2 aromatic carbocycles. The van der Waals surface area contributed by atoms with Crippen LogP contribution in [0.25, 0.3) is 11.0 Å². The van der Waals surface area contributed by atoms with Gasteiger partial charge in [-0.1, -0.05) is 49.1 Å². The number of ether oxygens (including phenoxy) is 3. The van der Waals surface area contributed by atoms with Crippen LogP contribution in [0.5, 0.6) is 17.2 Å². The summed E-state index contributed by atoms with van der Waals surface area (Å²) in [4.78, 5) is 29.9. The first-order valence-corrected chi connectivity index (χ1v) is 11.9. The minimum atomic E-state index is -0.450. The van der Waals surface area contributed by atoms with Crippen molar-refractivity contribution in [2.45, 2.75) is 19.8 Å². The molecule has 8 nitrogen and oxygen atoms in total. The van der Waals surface area contributed by atoms with Crippen LogP contribution in [0.15, 0.2) is 64.7 Å². The van der Waals surface area contributed by atoms with Crippen molar-refractivity contribution >= 4 is 22.4 Å². The van der Waals surface area contributed by atoms with Crippen molar-refractivity contribution in [1.29, 1.82) is 0 Å². The van der Waals surface area contributed by atoms with E-state index in [2.05, 4.69) is 16.7 Å². The average molecular weight is 492 g/mol. The predicted octanol–water partition coefficient (Wildman–Crippen LogP) is 3.01. The zero-order valence-electron chi connectivity index (χ0n) is 19.5. The van der Waals surface area contributed by atoms with Crippen LogP contribution in [0.2, 0.25) is 0 Å². The van der Waals surface area contributed by atoms with Crippen molar-refractivity contribution in [3.63, 3.8) is 0 Å². The topological polar surface area (TPSA) is 92.0 Å². The van der Waals surface area contributed by atoms with E-state index in [1.165, 1.54) is 4.52 Å². The van der Waals surface area contributed by atoms with Gasteiger partial charge in [0.05, 0.1) is 18.2 Å². The number of thiazole rings is 1. The van der Waals surface area contributed by atoms with Crippen molar-refractivity contribution < 1.29 is 14.2 Å². The fourth-order valence-electron chi connectivity index (χ4n) is 3.36.